The Morgan fingerprint density at radius 3 is 1.00 bits per heavy atom. The van der Waals surface area contributed by atoms with Gasteiger partial charge in [-0.25, -0.2) is 4.79 Å². The molecule has 0 aromatic heterocycles. The minimum absolute atomic E-state index is 0.208. The smallest absolute Gasteiger partial charge is 0.332 e. The molecule has 0 bridgehead atoms. The summed E-state index contributed by atoms with van der Waals surface area (Å²) >= 11 is 0.275. The summed E-state index contributed by atoms with van der Waals surface area (Å²) in [6, 6.07) is -0.776. The highest BCUT2D eigenvalue weighted by Gasteiger charge is 2.90. The molecule has 408 valence electrons. The minimum Gasteiger partial charge on any atom is -0.332 e. The molecule has 0 aliphatic heterocycles. The maximum absolute atomic E-state index is 13.9. The summed E-state index contributed by atoms with van der Waals surface area (Å²) in [4.78, 5) is 12.0. The SMILES string of the molecule is CCCCCCCCCCCCCCCCCCCCCCCCCCCCCCCCCCCC[N+](C)(C)CCNC(=O)NCSCCC(F)(F)C(F)(F)C(F)(F)C(F)(F)C(F)(F)C(F)(F)F. The van der Waals surface area contributed by atoms with Crippen LogP contribution in [0.5, 0.6) is 0 Å². The number of urea groups is 1. The third-order valence-corrected chi connectivity index (χ3v) is 13.9. The number of unbranched alkanes of at least 4 members (excludes halogenated alkanes) is 33. The highest BCUT2D eigenvalue weighted by atomic mass is 32.2. The lowest BCUT2D eigenvalue weighted by Gasteiger charge is -2.39. The van der Waals surface area contributed by atoms with E-state index in [4.69, 9.17) is 0 Å². The van der Waals surface area contributed by atoms with E-state index in [1.54, 1.807) is 0 Å². The molecule has 0 heterocycles. The van der Waals surface area contributed by atoms with Crippen molar-refractivity contribution in [2.24, 2.45) is 0 Å². The molecule has 68 heavy (non-hydrogen) atoms. The van der Waals surface area contributed by atoms with Crippen molar-refractivity contribution < 1.29 is 66.4 Å². The molecule has 0 aromatic carbocycles. The summed E-state index contributed by atoms with van der Waals surface area (Å²) in [6.07, 6.45) is 36.3. The lowest BCUT2D eigenvalue weighted by atomic mass is 9.93. The number of amides is 2. The molecule has 2 amide bonds. The molecule has 0 atom stereocenters. The lowest BCUT2D eigenvalue weighted by Crippen LogP contribution is -2.70. The Bertz CT molecular complexity index is 1230. The number of alkyl halides is 13. The van der Waals surface area contributed by atoms with Crippen LogP contribution < -0.4 is 10.6 Å². The predicted octanol–water partition coefficient (Wildman–Crippen LogP) is 18.5. The first-order valence-corrected chi connectivity index (χ1v) is 27.4. The fourth-order valence-electron chi connectivity index (χ4n) is 8.26. The molecular formula is C50H91F13N3OS+. The van der Waals surface area contributed by atoms with Crippen LogP contribution in [-0.4, -0.2) is 91.7 Å². The fraction of sp³-hybridized carbons (Fsp3) is 0.980. The van der Waals surface area contributed by atoms with Gasteiger partial charge in [0.25, 0.3) is 0 Å². The fourth-order valence-corrected chi connectivity index (χ4v) is 9.04. The summed E-state index contributed by atoms with van der Waals surface area (Å²) in [7, 11) is 3.97. The van der Waals surface area contributed by atoms with Gasteiger partial charge in [0.2, 0.25) is 0 Å². The number of carbonyl (C=O) groups is 1. The Hall–Kier alpha value is -1.33. The van der Waals surface area contributed by atoms with E-state index in [2.05, 4.69) is 17.6 Å². The molecule has 0 spiro atoms. The second-order valence-electron chi connectivity index (χ2n) is 19.8. The molecule has 0 unspecified atom stereocenters. The van der Waals surface area contributed by atoms with Crippen LogP contribution >= 0.6 is 11.8 Å². The number of carbonyl (C=O) groups excluding carboxylic acids is 1. The van der Waals surface area contributed by atoms with Crippen LogP contribution in [0.2, 0.25) is 0 Å². The van der Waals surface area contributed by atoms with Gasteiger partial charge in [0, 0.05) is 12.2 Å². The van der Waals surface area contributed by atoms with E-state index in [9.17, 15) is 61.9 Å². The Labute approximate surface area is 406 Å². The van der Waals surface area contributed by atoms with Crippen LogP contribution in [0.1, 0.15) is 232 Å². The molecular weight excluding hydrogens is 938 g/mol. The highest BCUT2D eigenvalue weighted by molar-refractivity contribution is 7.99. The Balaban J connectivity index is 3.71. The number of thioether (sulfide) groups is 1. The molecule has 0 aliphatic rings. The van der Waals surface area contributed by atoms with Gasteiger partial charge < -0.3 is 15.1 Å². The van der Waals surface area contributed by atoms with E-state index in [0.717, 1.165) is 25.8 Å². The summed E-state index contributed by atoms with van der Waals surface area (Å²) in [6.45, 7) is 3.88. The molecule has 0 radical (unpaired) electrons. The Kier molecular flexibility index (Phi) is 35.8. The molecule has 18 heteroatoms. The predicted molar refractivity (Wildman–Crippen MR) is 254 cm³/mol. The van der Waals surface area contributed by atoms with E-state index < -0.39 is 59.9 Å². The van der Waals surface area contributed by atoms with Gasteiger partial charge in [0.15, 0.2) is 0 Å². The summed E-state index contributed by atoms with van der Waals surface area (Å²) in [5.74, 6) is -38.6. The van der Waals surface area contributed by atoms with Crippen molar-refractivity contribution in [2.75, 3.05) is 45.4 Å². The van der Waals surface area contributed by atoms with Crippen molar-refractivity contribution in [1.29, 1.82) is 0 Å². The molecule has 0 saturated carbocycles. The monoisotopic (exact) mass is 1030 g/mol. The number of rotatable bonds is 47. The number of hydrogen-bond acceptors (Lipinski definition) is 2. The zero-order valence-electron chi connectivity index (χ0n) is 42.0. The topological polar surface area (TPSA) is 41.1 Å². The van der Waals surface area contributed by atoms with Gasteiger partial charge in [-0.1, -0.05) is 212 Å². The third kappa shape index (κ3) is 28.1. The number of hydrogen-bond donors (Lipinski definition) is 2. The van der Waals surface area contributed by atoms with Crippen LogP contribution in [0.25, 0.3) is 0 Å². The number of halogens is 13. The molecule has 4 nitrogen and oxygen atoms in total. The van der Waals surface area contributed by atoms with Crippen molar-refractivity contribution in [3.8, 4) is 0 Å². The van der Waals surface area contributed by atoms with E-state index >= 15 is 0 Å². The zero-order chi connectivity index (χ0) is 51.5. The van der Waals surface area contributed by atoms with Gasteiger partial charge in [0.1, 0.15) is 0 Å². The Morgan fingerprint density at radius 1 is 0.397 bits per heavy atom. The van der Waals surface area contributed by atoms with Crippen molar-refractivity contribution in [2.45, 2.75) is 267 Å². The van der Waals surface area contributed by atoms with Crippen LogP contribution in [0, 0.1) is 0 Å². The van der Waals surface area contributed by atoms with Gasteiger partial charge in [0.05, 0.1) is 39.6 Å². The number of quaternary nitrogens is 1. The maximum atomic E-state index is 13.9. The van der Waals surface area contributed by atoms with Gasteiger partial charge in [-0.05, 0) is 12.8 Å². The van der Waals surface area contributed by atoms with E-state index in [0.29, 0.717) is 11.0 Å². The average Bonchev–Trinajstić information content (AvgIpc) is 3.25. The van der Waals surface area contributed by atoms with Gasteiger partial charge >= 0.3 is 41.8 Å². The van der Waals surface area contributed by atoms with Crippen molar-refractivity contribution >= 4 is 17.8 Å². The first-order chi connectivity index (χ1) is 31.9. The lowest BCUT2D eigenvalue weighted by molar-refractivity contribution is -0.889. The molecule has 0 fully saturated rings. The zero-order valence-corrected chi connectivity index (χ0v) is 42.8. The van der Waals surface area contributed by atoms with Crippen LogP contribution in [0.15, 0.2) is 0 Å². The maximum Gasteiger partial charge on any atom is 0.460 e. The summed E-state index contributed by atoms with van der Waals surface area (Å²) in [5.41, 5.74) is 0. The summed E-state index contributed by atoms with van der Waals surface area (Å²) in [5, 5.41) is 4.70. The van der Waals surface area contributed by atoms with Gasteiger partial charge in [-0.15, -0.1) is 11.8 Å². The third-order valence-electron chi connectivity index (χ3n) is 13.0. The standard InChI is InChI=1S/C50H90F13N3OS/c1-4-5-6-7-8-9-10-11-12-13-14-15-16-17-18-19-20-21-22-23-24-25-26-27-28-29-30-31-32-33-34-35-36-37-40-66(2,3)41-39-64-44(67)65-43-68-42-38-45(51,52)46(53,54)47(55,56)48(57,58)49(59,60)50(61,62)63/h4-43H2,1-3H3,(H-,64,65,67)/p+1. The average molecular weight is 1030 g/mol. The number of likely N-dealkylation sites (N-methyl/N-ethyl adjacent to an activating group) is 1. The molecule has 0 rings (SSSR count). The first-order valence-electron chi connectivity index (χ1n) is 26.3. The van der Waals surface area contributed by atoms with E-state index in [1.165, 1.54) is 199 Å². The normalized spacial score (nSPS) is 13.4. The molecule has 0 saturated heterocycles. The van der Waals surface area contributed by atoms with Crippen LogP contribution in [-0.2, 0) is 0 Å². The quantitative estimate of drug-likeness (QED) is 0.0276. The van der Waals surface area contributed by atoms with E-state index in [1.807, 2.05) is 14.1 Å². The molecule has 2 N–H and O–H groups in total. The highest BCUT2D eigenvalue weighted by Crippen LogP contribution is 2.60. The number of nitrogens with one attached hydrogen (secondary N) is 2. The molecule has 0 aromatic rings. The Morgan fingerprint density at radius 2 is 0.691 bits per heavy atom. The van der Waals surface area contributed by atoms with Crippen molar-refractivity contribution in [3.05, 3.63) is 0 Å². The van der Waals surface area contributed by atoms with Gasteiger partial charge in [-0.2, -0.15) is 57.1 Å². The van der Waals surface area contributed by atoms with Crippen molar-refractivity contribution in [1.82, 2.24) is 10.6 Å². The minimum atomic E-state index is -7.91. The van der Waals surface area contributed by atoms with Gasteiger partial charge in [-0.3, -0.25) is 0 Å². The second kappa shape index (κ2) is 36.6. The largest absolute Gasteiger partial charge is 0.460 e. The number of nitrogens with zero attached hydrogens (tertiary/aromatic N) is 1. The summed E-state index contributed by atoms with van der Waals surface area (Å²) < 4.78 is 173. The van der Waals surface area contributed by atoms with Crippen LogP contribution in [0.3, 0.4) is 0 Å². The molecule has 0 aliphatic carbocycles. The van der Waals surface area contributed by atoms with Crippen molar-refractivity contribution in [3.63, 3.8) is 0 Å². The van der Waals surface area contributed by atoms with E-state index in [-0.39, 0.29) is 18.3 Å². The first kappa shape index (κ1) is 66.7. The van der Waals surface area contributed by atoms with Crippen LogP contribution in [0.4, 0.5) is 61.9 Å². The second-order valence-corrected chi connectivity index (χ2v) is 20.9.